The molecule has 0 aromatic carbocycles. The molecule has 0 atom stereocenters. The van der Waals surface area contributed by atoms with Gasteiger partial charge in [-0.15, -0.1) is 35.3 Å². The Bertz CT molecular complexity index is 445. The molecule has 0 radical (unpaired) electrons. The van der Waals surface area contributed by atoms with Crippen molar-refractivity contribution in [2.75, 3.05) is 18.8 Å². The lowest BCUT2D eigenvalue weighted by atomic mass is 10.3. The Hall–Kier alpha value is -0.820. The van der Waals surface area contributed by atoms with Gasteiger partial charge in [0.2, 0.25) is 0 Å². The van der Waals surface area contributed by atoms with Crippen molar-refractivity contribution in [1.82, 2.24) is 4.98 Å². The molecule has 0 N–H and O–H groups in total. The van der Waals surface area contributed by atoms with Crippen molar-refractivity contribution in [3.63, 3.8) is 0 Å². The number of nitriles is 2. The van der Waals surface area contributed by atoms with Crippen LogP contribution >= 0.6 is 35.3 Å². The van der Waals surface area contributed by atoms with Crippen LogP contribution in [0.25, 0.3) is 0 Å². The summed E-state index contributed by atoms with van der Waals surface area (Å²) in [5.74, 6) is 0. The summed E-state index contributed by atoms with van der Waals surface area (Å²) in [5, 5.41) is 18.0. The Balaban J connectivity index is 3.64. The Labute approximate surface area is 108 Å². The first kappa shape index (κ1) is 13.2. The van der Waals surface area contributed by atoms with E-state index in [2.05, 4.69) is 4.98 Å². The smallest absolute Gasteiger partial charge is 0.156 e. The minimum absolute atomic E-state index is 0.339. The van der Waals surface area contributed by atoms with E-state index in [0.717, 1.165) is 14.7 Å². The fourth-order valence-corrected chi connectivity index (χ4v) is 4.02. The third-order valence-corrected chi connectivity index (χ3v) is 4.58. The maximum absolute atomic E-state index is 9.00. The van der Waals surface area contributed by atoms with Gasteiger partial charge in [-0.25, -0.2) is 4.98 Å². The van der Waals surface area contributed by atoms with Gasteiger partial charge in [-0.1, -0.05) is 0 Å². The van der Waals surface area contributed by atoms with Crippen molar-refractivity contribution in [2.24, 2.45) is 0 Å². The molecule has 6 heteroatoms. The van der Waals surface area contributed by atoms with E-state index < -0.39 is 0 Å². The van der Waals surface area contributed by atoms with E-state index in [9.17, 15) is 0 Å². The summed E-state index contributed by atoms with van der Waals surface area (Å²) in [6.07, 6.45) is 5.76. The van der Waals surface area contributed by atoms with Crippen molar-refractivity contribution in [3.05, 3.63) is 11.4 Å². The highest BCUT2D eigenvalue weighted by Gasteiger charge is 2.18. The lowest BCUT2D eigenvalue weighted by Gasteiger charge is -2.11. The monoisotopic (exact) mass is 267 g/mol. The van der Waals surface area contributed by atoms with E-state index in [4.69, 9.17) is 10.5 Å². The van der Waals surface area contributed by atoms with Gasteiger partial charge in [-0.05, 0) is 18.8 Å². The van der Waals surface area contributed by atoms with Crippen LogP contribution in [0, 0.1) is 22.7 Å². The van der Waals surface area contributed by atoms with Gasteiger partial charge in [-0.2, -0.15) is 10.5 Å². The van der Waals surface area contributed by atoms with E-state index in [1.807, 2.05) is 30.9 Å². The van der Waals surface area contributed by atoms with Crippen LogP contribution in [0.1, 0.15) is 11.4 Å². The topological polar surface area (TPSA) is 60.5 Å². The average Bonchev–Trinajstić information content (AvgIpc) is 2.35. The number of aromatic nitrogens is 1. The summed E-state index contributed by atoms with van der Waals surface area (Å²) in [6.45, 7) is 0. The summed E-state index contributed by atoms with van der Waals surface area (Å²) in [4.78, 5) is 6.78. The molecule has 0 aliphatic carbocycles. The average molecular weight is 267 g/mol. The molecule has 0 aliphatic rings. The summed E-state index contributed by atoms with van der Waals surface area (Å²) in [7, 11) is 0. The van der Waals surface area contributed by atoms with Gasteiger partial charge in [0.1, 0.15) is 12.1 Å². The molecular weight excluding hydrogens is 258 g/mol. The lowest BCUT2D eigenvalue weighted by Crippen LogP contribution is -1.97. The first-order valence-electron chi connectivity index (χ1n) is 4.23. The highest BCUT2D eigenvalue weighted by Crippen LogP contribution is 2.38. The van der Waals surface area contributed by atoms with E-state index in [1.165, 1.54) is 23.5 Å². The highest BCUT2D eigenvalue weighted by atomic mass is 32.2. The summed E-state index contributed by atoms with van der Waals surface area (Å²) < 4.78 is 0. The lowest BCUT2D eigenvalue weighted by molar-refractivity contribution is 0.984. The number of nitrogens with zero attached hydrogens (tertiary/aromatic N) is 3. The first-order valence-corrected chi connectivity index (χ1v) is 7.91. The second kappa shape index (κ2) is 6.05. The van der Waals surface area contributed by atoms with Crippen LogP contribution in [-0.4, -0.2) is 23.8 Å². The van der Waals surface area contributed by atoms with Crippen molar-refractivity contribution < 1.29 is 0 Å². The molecule has 0 amide bonds. The van der Waals surface area contributed by atoms with Gasteiger partial charge in [0.25, 0.3) is 0 Å². The first-order chi connectivity index (χ1) is 7.73. The number of rotatable bonds is 3. The Morgan fingerprint density at radius 2 is 1.19 bits per heavy atom. The van der Waals surface area contributed by atoms with Crippen LogP contribution in [0.5, 0.6) is 0 Å². The molecule has 1 rings (SSSR count). The summed E-state index contributed by atoms with van der Waals surface area (Å²) in [5.41, 5.74) is 0.678. The highest BCUT2D eigenvalue weighted by molar-refractivity contribution is 8.03. The number of hydrogen-bond acceptors (Lipinski definition) is 6. The van der Waals surface area contributed by atoms with E-state index in [1.54, 1.807) is 11.8 Å². The number of thioether (sulfide) groups is 3. The SMILES string of the molecule is CSc1c(C#N)nc(C#N)c(SC)c1SC. The maximum Gasteiger partial charge on any atom is 0.156 e. The molecule has 0 unspecified atom stereocenters. The van der Waals surface area contributed by atoms with Crippen LogP contribution < -0.4 is 0 Å². The van der Waals surface area contributed by atoms with Crippen LogP contribution in [0.4, 0.5) is 0 Å². The second-order valence-corrected chi connectivity index (χ2v) is 5.08. The standard InChI is InChI=1S/C10H9N3S3/c1-14-8-6(4-11)13-7(5-12)9(15-2)10(8)16-3/h1-3H3. The summed E-state index contributed by atoms with van der Waals surface area (Å²) in [6, 6.07) is 4.08. The molecule has 0 aliphatic heterocycles. The fraction of sp³-hybridized carbons (Fsp3) is 0.300. The van der Waals surface area contributed by atoms with Gasteiger partial charge < -0.3 is 0 Å². The normalized spacial score (nSPS) is 9.56. The van der Waals surface area contributed by atoms with Crippen molar-refractivity contribution >= 4 is 35.3 Å². The van der Waals surface area contributed by atoms with Crippen LogP contribution in [0.15, 0.2) is 14.7 Å². The summed E-state index contributed by atoms with van der Waals surface area (Å²) >= 11 is 4.53. The van der Waals surface area contributed by atoms with E-state index >= 15 is 0 Å². The van der Waals surface area contributed by atoms with Gasteiger partial charge in [-0.3, -0.25) is 0 Å². The Kier molecular flexibility index (Phi) is 5.01. The van der Waals surface area contributed by atoms with Crippen LogP contribution in [0.2, 0.25) is 0 Å². The third kappa shape index (κ3) is 2.30. The third-order valence-electron chi connectivity index (χ3n) is 1.89. The van der Waals surface area contributed by atoms with E-state index in [0.29, 0.717) is 11.4 Å². The molecule has 1 heterocycles. The molecule has 0 bridgehead atoms. The predicted octanol–water partition coefficient (Wildman–Crippen LogP) is 2.99. The van der Waals surface area contributed by atoms with Gasteiger partial charge >= 0.3 is 0 Å². The molecule has 3 nitrogen and oxygen atoms in total. The molecule has 0 saturated carbocycles. The number of hydrogen-bond donors (Lipinski definition) is 0. The van der Waals surface area contributed by atoms with Crippen molar-refractivity contribution in [2.45, 2.75) is 14.7 Å². The zero-order valence-electron chi connectivity index (χ0n) is 9.07. The Morgan fingerprint density at radius 3 is 1.44 bits per heavy atom. The van der Waals surface area contributed by atoms with Crippen LogP contribution in [0.3, 0.4) is 0 Å². The van der Waals surface area contributed by atoms with Gasteiger partial charge in [0.05, 0.1) is 9.79 Å². The fourth-order valence-electron chi connectivity index (χ4n) is 1.25. The van der Waals surface area contributed by atoms with Crippen molar-refractivity contribution in [3.8, 4) is 12.1 Å². The molecule has 0 saturated heterocycles. The van der Waals surface area contributed by atoms with E-state index in [-0.39, 0.29) is 0 Å². The van der Waals surface area contributed by atoms with Crippen molar-refractivity contribution in [1.29, 1.82) is 10.5 Å². The van der Waals surface area contributed by atoms with Gasteiger partial charge in [0, 0.05) is 4.90 Å². The number of pyridine rings is 1. The minimum Gasteiger partial charge on any atom is -0.224 e. The molecule has 82 valence electrons. The largest absolute Gasteiger partial charge is 0.224 e. The molecule has 1 aromatic rings. The zero-order chi connectivity index (χ0) is 12.1. The zero-order valence-corrected chi connectivity index (χ0v) is 11.5. The van der Waals surface area contributed by atoms with Gasteiger partial charge in [0.15, 0.2) is 11.4 Å². The molecular formula is C10H9N3S3. The molecule has 0 fully saturated rings. The second-order valence-electron chi connectivity index (χ2n) is 2.63. The quantitative estimate of drug-likeness (QED) is 0.785. The van der Waals surface area contributed by atoms with Crippen LogP contribution in [-0.2, 0) is 0 Å². The molecule has 0 spiro atoms. The molecule has 16 heavy (non-hydrogen) atoms. The molecule has 1 aromatic heterocycles. The Morgan fingerprint density at radius 1 is 0.812 bits per heavy atom. The minimum atomic E-state index is 0.339. The predicted molar refractivity (Wildman–Crippen MR) is 69.0 cm³/mol. The maximum atomic E-state index is 9.00.